The molecule has 0 amide bonds. The molecule has 2 nitrogen and oxygen atoms in total. The number of rotatable bonds is 0. The van der Waals surface area contributed by atoms with E-state index in [1.807, 2.05) is 41.5 Å². The van der Waals surface area contributed by atoms with Crippen LogP contribution in [-0.2, 0) is 0 Å². The second-order valence-corrected chi connectivity index (χ2v) is 4.68. The summed E-state index contributed by atoms with van der Waals surface area (Å²) in [6.07, 6.45) is 0. The van der Waals surface area contributed by atoms with Gasteiger partial charge in [0.15, 0.2) is 0 Å². The van der Waals surface area contributed by atoms with Crippen molar-refractivity contribution < 1.29 is 0 Å². The van der Waals surface area contributed by atoms with Crippen LogP contribution in [0.4, 0.5) is 0 Å². The quantitative estimate of drug-likeness (QED) is 0.479. The lowest BCUT2D eigenvalue weighted by Crippen LogP contribution is -2.47. The summed E-state index contributed by atoms with van der Waals surface area (Å²) in [7, 11) is 0. The minimum absolute atomic E-state index is 0.0573. The van der Waals surface area contributed by atoms with Gasteiger partial charge in [-0.25, -0.2) is 0 Å². The van der Waals surface area contributed by atoms with Crippen molar-refractivity contribution >= 4 is 0 Å². The Labute approximate surface area is 64.4 Å². The van der Waals surface area contributed by atoms with Crippen LogP contribution in [-0.4, -0.2) is 16.1 Å². The van der Waals surface area contributed by atoms with Gasteiger partial charge in [-0.15, -0.1) is 0 Å². The molecule has 1 N–H and O–H groups in total. The Hall–Kier alpha value is -0.0800. The molecule has 10 heavy (non-hydrogen) atoms. The van der Waals surface area contributed by atoms with E-state index in [-0.39, 0.29) is 11.1 Å². The minimum atomic E-state index is -0.0573. The van der Waals surface area contributed by atoms with Crippen molar-refractivity contribution in [2.24, 2.45) is 0 Å². The van der Waals surface area contributed by atoms with Crippen LogP contribution in [0, 0.1) is 0 Å². The van der Waals surface area contributed by atoms with E-state index < -0.39 is 0 Å². The van der Waals surface area contributed by atoms with E-state index in [4.69, 9.17) is 5.84 Å². The zero-order valence-electron chi connectivity index (χ0n) is 7.95. The first-order chi connectivity index (χ1) is 4.15. The molecule has 0 aromatic rings. The SMILES string of the molecule is CC(C)(C)N([NH-])C(C)(C)C. The van der Waals surface area contributed by atoms with E-state index in [2.05, 4.69) is 0 Å². The first kappa shape index (κ1) is 9.92. The summed E-state index contributed by atoms with van der Waals surface area (Å²) in [6.45, 7) is 12.3. The van der Waals surface area contributed by atoms with E-state index in [0.717, 1.165) is 0 Å². The first-order valence-corrected chi connectivity index (χ1v) is 3.67. The molecule has 2 heteroatoms. The normalized spacial score (nSPS) is 14.4. The number of nitrogens with zero attached hydrogens (tertiary/aromatic N) is 1. The molecule has 0 aliphatic heterocycles. The van der Waals surface area contributed by atoms with Crippen LogP contribution in [0.25, 0.3) is 5.84 Å². The second kappa shape index (κ2) is 2.51. The molecule has 0 rings (SSSR count). The van der Waals surface area contributed by atoms with Gasteiger partial charge >= 0.3 is 0 Å². The molecule has 62 valence electrons. The van der Waals surface area contributed by atoms with Gasteiger partial charge in [-0.1, -0.05) is 0 Å². The lowest BCUT2D eigenvalue weighted by atomic mass is 9.99. The van der Waals surface area contributed by atoms with Crippen molar-refractivity contribution in [1.29, 1.82) is 0 Å². The molecule has 0 fully saturated rings. The van der Waals surface area contributed by atoms with Crippen molar-refractivity contribution in [2.45, 2.75) is 52.6 Å². The van der Waals surface area contributed by atoms with Crippen molar-refractivity contribution in [3.05, 3.63) is 5.84 Å². The summed E-state index contributed by atoms with van der Waals surface area (Å²) in [4.78, 5) is 0. The third kappa shape index (κ3) is 2.67. The standard InChI is InChI=1S/C8H19N2/c1-7(2,3)10(9)8(4,5)6/h9H,1-6H3/q-1. The summed E-state index contributed by atoms with van der Waals surface area (Å²) in [5.41, 5.74) is -0.115. The second-order valence-electron chi connectivity index (χ2n) is 4.68. The zero-order chi connectivity index (χ0) is 8.58. The average Bonchev–Trinajstić information content (AvgIpc) is 1.59. The van der Waals surface area contributed by atoms with E-state index in [0.29, 0.717) is 0 Å². The topological polar surface area (TPSA) is 27.0 Å². The van der Waals surface area contributed by atoms with Gasteiger partial charge in [0, 0.05) is 0 Å². The van der Waals surface area contributed by atoms with Crippen LogP contribution in [0.3, 0.4) is 0 Å². The van der Waals surface area contributed by atoms with Crippen LogP contribution >= 0.6 is 0 Å². The molecular weight excluding hydrogens is 124 g/mol. The van der Waals surface area contributed by atoms with Gasteiger partial charge < -0.3 is 10.9 Å². The molecule has 0 unspecified atom stereocenters. The van der Waals surface area contributed by atoms with Gasteiger partial charge in [0.05, 0.1) is 0 Å². The van der Waals surface area contributed by atoms with Crippen molar-refractivity contribution in [1.82, 2.24) is 5.01 Å². The smallest absolute Gasteiger partial charge is 0.00453 e. The van der Waals surface area contributed by atoms with Gasteiger partial charge in [-0.2, -0.15) is 0 Å². The summed E-state index contributed by atoms with van der Waals surface area (Å²) < 4.78 is 0. The number of hydrogen-bond donors (Lipinski definition) is 0. The highest BCUT2D eigenvalue weighted by molar-refractivity contribution is 4.86. The lowest BCUT2D eigenvalue weighted by Gasteiger charge is -2.50. The minimum Gasteiger partial charge on any atom is -0.609 e. The molecule has 0 aliphatic carbocycles. The molecule has 0 aromatic carbocycles. The molecule has 0 aliphatic rings. The maximum atomic E-state index is 7.71. The molecule has 0 bridgehead atoms. The average molecular weight is 143 g/mol. The lowest BCUT2D eigenvalue weighted by molar-refractivity contribution is 0.0963. The van der Waals surface area contributed by atoms with E-state index >= 15 is 0 Å². The Bertz CT molecular complexity index is 91.4. The Morgan fingerprint density at radius 1 is 0.800 bits per heavy atom. The first-order valence-electron chi connectivity index (χ1n) is 3.67. The van der Waals surface area contributed by atoms with Gasteiger partial charge in [0.2, 0.25) is 0 Å². The van der Waals surface area contributed by atoms with E-state index in [1.54, 1.807) is 5.01 Å². The molecule has 0 heterocycles. The monoisotopic (exact) mass is 143 g/mol. The maximum absolute atomic E-state index is 7.71. The molecule has 0 saturated heterocycles. The van der Waals surface area contributed by atoms with Crippen LogP contribution < -0.4 is 0 Å². The zero-order valence-corrected chi connectivity index (χ0v) is 7.95. The molecule has 0 saturated carbocycles. The third-order valence-electron chi connectivity index (χ3n) is 1.34. The Morgan fingerprint density at radius 3 is 1.00 bits per heavy atom. The predicted octanol–water partition coefficient (Wildman–Crippen LogP) is 2.85. The Morgan fingerprint density at radius 2 is 1.00 bits per heavy atom. The fourth-order valence-electron chi connectivity index (χ4n) is 1.01. The van der Waals surface area contributed by atoms with Crippen LogP contribution in [0.5, 0.6) is 0 Å². The summed E-state index contributed by atoms with van der Waals surface area (Å²) in [5.74, 6) is 7.71. The molecule has 0 radical (unpaired) electrons. The number of nitrogens with one attached hydrogen (secondary N) is 1. The van der Waals surface area contributed by atoms with Crippen LogP contribution in [0.2, 0.25) is 0 Å². The summed E-state index contributed by atoms with van der Waals surface area (Å²) in [5, 5.41) is 1.62. The van der Waals surface area contributed by atoms with E-state index in [1.165, 1.54) is 0 Å². The highest BCUT2D eigenvalue weighted by Crippen LogP contribution is 2.23. The van der Waals surface area contributed by atoms with Gasteiger partial charge in [0.25, 0.3) is 0 Å². The number of hydrogen-bond acceptors (Lipinski definition) is 1. The molecule has 0 spiro atoms. The molecule has 0 atom stereocenters. The van der Waals surface area contributed by atoms with Crippen LogP contribution in [0.1, 0.15) is 41.5 Å². The summed E-state index contributed by atoms with van der Waals surface area (Å²) >= 11 is 0. The Balaban J connectivity index is 4.23. The van der Waals surface area contributed by atoms with Crippen molar-refractivity contribution in [2.75, 3.05) is 0 Å². The molecule has 0 aromatic heterocycles. The predicted molar refractivity (Wildman–Crippen MR) is 45.7 cm³/mol. The van der Waals surface area contributed by atoms with Gasteiger partial charge in [-0.05, 0) is 52.6 Å². The highest BCUT2D eigenvalue weighted by Gasteiger charge is 2.22. The van der Waals surface area contributed by atoms with E-state index in [9.17, 15) is 0 Å². The fraction of sp³-hybridized carbons (Fsp3) is 1.00. The highest BCUT2D eigenvalue weighted by atomic mass is 15.5. The van der Waals surface area contributed by atoms with Crippen molar-refractivity contribution in [3.63, 3.8) is 0 Å². The fourth-order valence-corrected chi connectivity index (χ4v) is 1.01. The maximum Gasteiger partial charge on any atom is -0.00453 e. The summed E-state index contributed by atoms with van der Waals surface area (Å²) in [6, 6.07) is 0. The molecular formula is C8H19N2-. The third-order valence-corrected chi connectivity index (χ3v) is 1.34. The Kier molecular flexibility index (Phi) is 2.49. The van der Waals surface area contributed by atoms with Crippen LogP contribution in [0.15, 0.2) is 0 Å². The van der Waals surface area contributed by atoms with Gasteiger partial charge in [-0.3, -0.25) is 0 Å². The largest absolute Gasteiger partial charge is 0.609 e. The van der Waals surface area contributed by atoms with Crippen molar-refractivity contribution in [3.8, 4) is 0 Å². The van der Waals surface area contributed by atoms with Gasteiger partial charge in [0.1, 0.15) is 0 Å².